The van der Waals surface area contributed by atoms with Crippen molar-refractivity contribution in [3.63, 3.8) is 0 Å². The number of amides is 1. The summed E-state index contributed by atoms with van der Waals surface area (Å²) in [5, 5.41) is 2.46. The highest BCUT2D eigenvalue weighted by atomic mass is 35.5. The number of hydrogen-bond donors (Lipinski definition) is 1. The molecule has 2 aliphatic heterocycles. The fourth-order valence-electron chi connectivity index (χ4n) is 4.89. The van der Waals surface area contributed by atoms with Gasteiger partial charge in [0.25, 0.3) is 0 Å². The summed E-state index contributed by atoms with van der Waals surface area (Å²) in [5.41, 5.74) is -1.54. The van der Waals surface area contributed by atoms with Crippen molar-refractivity contribution >= 4 is 34.9 Å². The van der Waals surface area contributed by atoms with Crippen LogP contribution in [0.4, 0.5) is 0 Å². The van der Waals surface area contributed by atoms with Crippen LogP contribution in [0.2, 0.25) is 5.02 Å². The Kier molecular flexibility index (Phi) is 7.91. The summed E-state index contributed by atoms with van der Waals surface area (Å²) in [4.78, 5) is 51.4. The molecular formula is C26H30ClNO9. The van der Waals surface area contributed by atoms with Crippen LogP contribution in [0.1, 0.15) is 60.2 Å². The van der Waals surface area contributed by atoms with E-state index in [9.17, 15) is 19.2 Å². The smallest absolute Gasteiger partial charge is 0.249 e. The number of hydrogen-bond acceptors (Lipinski definition) is 9. The lowest BCUT2D eigenvalue weighted by Crippen LogP contribution is -2.51. The highest BCUT2D eigenvalue weighted by molar-refractivity contribution is 6.37. The summed E-state index contributed by atoms with van der Waals surface area (Å²) in [6, 6.07) is 1.35. The van der Waals surface area contributed by atoms with Crippen molar-refractivity contribution in [1.29, 1.82) is 0 Å². The fourth-order valence-corrected chi connectivity index (χ4v) is 5.18. The average Bonchev–Trinajstić information content (AvgIpc) is 3.20. The van der Waals surface area contributed by atoms with Gasteiger partial charge in [0.1, 0.15) is 17.4 Å². The monoisotopic (exact) mass is 535 g/mol. The van der Waals surface area contributed by atoms with E-state index in [1.165, 1.54) is 26.4 Å². The molecule has 1 amide bonds. The van der Waals surface area contributed by atoms with E-state index in [1.807, 2.05) is 0 Å². The van der Waals surface area contributed by atoms with Crippen LogP contribution in [0.15, 0.2) is 17.9 Å². The van der Waals surface area contributed by atoms with Crippen molar-refractivity contribution in [2.75, 3.05) is 27.4 Å². The number of rotatable bonds is 8. The fraction of sp³-hybridized carbons (Fsp3) is 0.538. The van der Waals surface area contributed by atoms with Gasteiger partial charge < -0.3 is 29.0 Å². The largest absolute Gasteiger partial charge is 0.496 e. The predicted octanol–water partition coefficient (Wildman–Crippen LogP) is 3.03. The lowest BCUT2D eigenvalue weighted by molar-refractivity contribution is -0.189. The summed E-state index contributed by atoms with van der Waals surface area (Å²) in [6.07, 6.45) is 2.65. The number of fused-ring (bicyclic) bond motifs is 1. The standard InChI is InChI=1S/C26H30ClNO9/c1-13-9-15(29)10-19(34-4)26(13)24(31)21-18(33-3)11-16(22(27)23(21)37-26)17(30)12-28-25(32)14(2)36-20-7-5-6-8-35-20/h10-11,13-14,20H,5-9,12H2,1-4H3,(H,28,32)/t13-,14+,20?,26+/m1/s1. The minimum atomic E-state index is -1.61. The van der Waals surface area contributed by atoms with Gasteiger partial charge in [-0.3, -0.25) is 19.2 Å². The minimum Gasteiger partial charge on any atom is -0.496 e. The van der Waals surface area contributed by atoms with Crippen LogP contribution < -0.4 is 14.8 Å². The van der Waals surface area contributed by atoms with Gasteiger partial charge in [0.05, 0.1) is 25.8 Å². The van der Waals surface area contributed by atoms with Crippen molar-refractivity contribution in [2.45, 2.75) is 57.5 Å². The van der Waals surface area contributed by atoms with E-state index in [-0.39, 0.29) is 52.2 Å². The first kappa shape index (κ1) is 27.1. The van der Waals surface area contributed by atoms with Crippen molar-refractivity contribution in [3.05, 3.63) is 34.1 Å². The lowest BCUT2D eigenvalue weighted by Gasteiger charge is -2.36. The summed E-state index contributed by atoms with van der Waals surface area (Å²) in [6.45, 7) is 3.50. The SMILES string of the molecule is COC1=CC(=O)C[C@@H](C)[C@]12Oc1c(Cl)c(C(=O)CNC(=O)[C@H](C)OC3CCCCO3)cc(OC)c1C2=O. The van der Waals surface area contributed by atoms with Gasteiger partial charge in [-0.1, -0.05) is 18.5 Å². The maximum Gasteiger partial charge on any atom is 0.249 e. The zero-order valence-corrected chi connectivity index (χ0v) is 21.9. The van der Waals surface area contributed by atoms with Crippen LogP contribution in [0, 0.1) is 5.92 Å². The van der Waals surface area contributed by atoms with E-state index >= 15 is 0 Å². The van der Waals surface area contributed by atoms with E-state index in [0.717, 1.165) is 12.8 Å². The molecule has 0 radical (unpaired) electrons. The number of carbonyl (C=O) groups excluding carboxylic acids is 4. The Bertz CT molecular complexity index is 1160. The van der Waals surface area contributed by atoms with E-state index in [1.54, 1.807) is 13.8 Å². The minimum absolute atomic E-state index is 0.00841. The highest BCUT2D eigenvalue weighted by Crippen LogP contribution is 2.53. The molecule has 1 fully saturated rings. The quantitative estimate of drug-likeness (QED) is 0.500. The number of allylic oxidation sites excluding steroid dienone is 1. The van der Waals surface area contributed by atoms with Crippen LogP contribution in [-0.4, -0.2) is 68.6 Å². The maximum atomic E-state index is 13.7. The Morgan fingerprint density at radius 1 is 1.24 bits per heavy atom. The molecule has 37 heavy (non-hydrogen) atoms. The van der Waals surface area contributed by atoms with Crippen molar-refractivity contribution in [3.8, 4) is 11.5 Å². The Labute approximate surface area is 219 Å². The topological polar surface area (TPSA) is 126 Å². The Morgan fingerprint density at radius 2 is 2.00 bits per heavy atom. The zero-order chi connectivity index (χ0) is 26.9. The van der Waals surface area contributed by atoms with Gasteiger partial charge in [-0.2, -0.15) is 0 Å². The first-order valence-corrected chi connectivity index (χ1v) is 12.5. The third-order valence-electron chi connectivity index (χ3n) is 6.90. The van der Waals surface area contributed by atoms with Gasteiger partial charge in [0.15, 0.2) is 29.4 Å². The second-order valence-electron chi connectivity index (χ2n) is 9.31. The van der Waals surface area contributed by atoms with Crippen LogP contribution in [0.3, 0.4) is 0 Å². The molecule has 1 spiro atoms. The molecule has 0 bridgehead atoms. The molecule has 3 aliphatic rings. The molecular weight excluding hydrogens is 506 g/mol. The van der Waals surface area contributed by atoms with Gasteiger partial charge >= 0.3 is 0 Å². The molecule has 4 rings (SSSR count). The number of ether oxygens (including phenoxy) is 5. The average molecular weight is 536 g/mol. The van der Waals surface area contributed by atoms with Gasteiger partial charge in [-0.25, -0.2) is 0 Å². The molecule has 11 heteroatoms. The van der Waals surface area contributed by atoms with E-state index in [0.29, 0.717) is 13.0 Å². The number of Topliss-reactive ketones (excluding diaryl/α,β-unsaturated/α-hetero) is 2. The highest BCUT2D eigenvalue weighted by Gasteiger charge is 2.59. The maximum absolute atomic E-state index is 13.7. The molecule has 1 N–H and O–H groups in total. The Morgan fingerprint density at radius 3 is 2.65 bits per heavy atom. The van der Waals surface area contributed by atoms with Crippen LogP contribution in [-0.2, 0) is 23.8 Å². The molecule has 0 saturated carbocycles. The summed E-state index contributed by atoms with van der Waals surface area (Å²) in [7, 11) is 2.70. The second-order valence-corrected chi connectivity index (χ2v) is 9.69. The Balaban J connectivity index is 1.55. The number of nitrogens with one attached hydrogen (secondary N) is 1. The van der Waals surface area contributed by atoms with Gasteiger partial charge in [-0.15, -0.1) is 0 Å². The van der Waals surface area contributed by atoms with Crippen LogP contribution in [0.25, 0.3) is 0 Å². The number of halogens is 1. The Hall–Kier alpha value is -2.95. The number of methoxy groups -OCH3 is 2. The number of benzene rings is 1. The van der Waals surface area contributed by atoms with Crippen LogP contribution >= 0.6 is 11.6 Å². The van der Waals surface area contributed by atoms with E-state index < -0.39 is 41.4 Å². The summed E-state index contributed by atoms with van der Waals surface area (Å²) in [5.74, 6) is -2.12. The summed E-state index contributed by atoms with van der Waals surface area (Å²) < 4.78 is 28.1. The first-order valence-electron chi connectivity index (χ1n) is 12.1. The predicted molar refractivity (Wildman–Crippen MR) is 131 cm³/mol. The van der Waals surface area contributed by atoms with Crippen molar-refractivity contribution in [2.24, 2.45) is 5.92 Å². The molecule has 2 heterocycles. The van der Waals surface area contributed by atoms with E-state index in [4.69, 9.17) is 35.3 Å². The normalized spacial score (nSPS) is 25.7. The molecule has 10 nitrogen and oxygen atoms in total. The third kappa shape index (κ3) is 4.85. The van der Waals surface area contributed by atoms with Crippen LogP contribution in [0.5, 0.6) is 11.5 Å². The van der Waals surface area contributed by atoms with Gasteiger partial charge in [0, 0.05) is 30.6 Å². The molecule has 4 atom stereocenters. The second kappa shape index (κ2) is 10.8. The third-order valence-corrected chi connectivity index (χ3v) is 7.27. The lowest BCUT2D eigenvalue weighted by atomic mass is 9.75. The molecule has 1 aromatic carbocycles. The molecule has 1 aromatic rings. The molecule has 1 saturated heterocycles. The molecule has 1 unspecified atom stereocenters. The van der Waals surface area contributed by atoms with Crippen molar-refractivity contribution < 1.29 is 42.9 Å². The van der Waals surface area contributed by atoms with Gasteiger partial charge in [0.2, 0.25) is 17.3 Å². The zero-order valence-electron chi connectivity index (χ0n) is 21.2. The molecule has 1 aliphatic carbocycles. The number of carbonyl (C=O) groups is 4. The molecule has 200 valence electrons. The van der Waals surface area contributed by atoms with Gasteiger partial charge in [-0.05, 0) is 32.3 Å². The molecule has 0 aromatic heterocycles. The number of ketones is 3. The van der Waals surface area contributed by atoms with E-state index in [2.05, 4.69) is 5.32 Å². The van der Waals surface area contributed by atoms with Crippen molar-refractivity contribution in [1.82, 2.24) is 5.32 Å². The first-order chi connectivity index (χ1) is 17.6. The summed E-state index contributed by atoms with van der Waals surface area (Å²) >= 11 is 6.58.